The van der Waals surface area contributed by atoms with Gasteiger partial charge in [0.05, 0.1) is 43.2 Å². The summed E-state index contributed by atoms with van der Waals surface area (Å²) < 4.78 is 19.5. The van der Waals surface area contributed by atoms with Gasteiger partial charge in [0, 0.05) is 37.6 Å². The second-order valence-corrected chi connectivity index (χ2v) is 8.18. The third-order valence-electron chi connectivity index (χ3n) is 5.79. The second-order valence-electron chi connectivity index (χ2n) is 8.18. The van der Waals surface area contributed by atoms with E-state index in [1.807, 2.05) is 23.1 Å². The predicted octanol–water partition coefficient (Wildman–Crippen LogP) is 3.64. The second kappa shape index (κ2) is 10.4. The summed E-state index contributed by atoms with van der Waals surface area (Å²) in [5, 5.41) is 7.54. The van der Waals surface area contributed by atoms with Crippen LogP contribution in [0, 0.1) is 5.82 Å². The molecule has 0 unspecified atom stereocenters. The molecule has 2 aliphatic rings. The molecule has 176 valence electrons. The fourth-order valence-electron chi connectivity index (χ4n) is 4.04. The van der Waals surface area contributed by atoms with E-state index in [0.29, 0.717) is 32.0 Å². The van der Waals surface area contributed by atoms with Crippen molar-refractivity contribution in [2.24, 2.45) is 5.10 Å². The fourth-order valence-corrected chi connectivity index (χ4v) is 4.04. The van der Waals surface area contributed by atoms with E-state index in [1.165, 1.54) is 18.5 Å². The molecule has 0 atom stereocenters. The molecule has 9 nitrogen and oxygen atoms in total. The molecule has 3 aromatic rings. The van der Waals surface area contributed by atoms with E-state index in [2.05, 4.69) is 53.9 Å². The monoisotopic (exact) mass is 462 g/mol. The van der Waals surface area contributed by atoms with Gasteiger partial charge in [-0.1, -0.05) is 6.07 Å². The predicted molar refractivity (Wildman–Crippen MR) is 132 cm³/mol. The normalized spacial score (nSPS) is 16.3. The third-order valence-corrected chi connectivity index (χ3v) is 5.79. The quantitative estimate of drug-likeness (QED) is 0.406. The Kier molecular flexibility index (Phi) is 6.76. The first-order chi connectivity index (χ1) is 16.7. The van der Waals surface area contributed by atoms with Crippen LogP contribution in [0.25, 0.3) is 0 Å². The number of nitrogens with zero attached hydrogens (tertiary/aromatic N) is 6. The van der Waals surface area contributed by atoms with Crippen LogP contribution >= 0.6 is 0 Å². The number of nitrogens with one attached hydrogen (secondary N) is 2. The lowest BCUT2D eigenvalue weighted by Crippen LogP contribution is -2.37. The SMILES string of the molecule is Fc1cnc(N/N=C/c2ccc(Nc3cccc(N4CCCC4)c3)cn2)nc1N1CCOCC1. The molecular formula is C24H27FN8O. The molecule has 4 heterocycles. The molecule has 0 radical (unpaired) electrons. The zero-order valence-electron chi connectivity index (χ0n) is 18.8. The van der Waals surface area contributed by atoms with Crippen LogP contribution in [0.2, 0.25) is 0 Å². The Hall–Kier alpha value is -3.79. The van der Waals surface area contributed by atoms with Gasteiger partial charge in [0.25, 0.3) is 0 Å². The smallest absolute Gasteiger partial charge is 0.245 e. The summed E-state index contributed by atoms with van der Waals surface area (Å²) in [6.07, 6.45) is 6.98. The van der Waals surface area contributed by atoms with E-state index in [1.54, 1.807) is 12.4 Å². The molecule has 0 saturated carbocycles. The van der Waals surface area contributed by atoms with Gasteiger partial charge in [-0.2, -0.15) is 10.1 Å². The molecule has 0 aliphatic carbocycles. The molecule has 0 spiro atoms. The largest absolute Gasteiger partial charge is 0.378 e. The fraction of sp³-hybridized carbons (Fsp3) is 0.333. The lowest BCUT2D eigenvalue weighted by molar-refractivity contribution is 0.122. The molecule has 5 rings (SSSR count). The van der Waals surface area contributed by atoms with E-state index >= 15 is 0 Å². The van der Waals surface area contributed by atoms with E-state index in [9.17, 15) is 4.39 Å². The molecule has 0 amide bonds. The number of hydrogen-bond acceptors (Lipinski definition) is 9. The van der Waals surface area contributed by atoms with Crippen molar-refractivity contribution in [2.45, 2.75) is 12.8 Å². The van der Waals surface area contributed by atoms with E-state index in [4.69, 9.17) is 4.74 Å². The number of benzene rings is 1. The lowest BCUT2D eigenvalue weighted by Gasteiger charge is -2.27. The first kappa shape index (κ1) is 22.0. The number of ether oxygens (including phenoxy) is 1. The highest BCUT2D eigenvalue weighted by Crippen LogP contribution is 2.25. The maximum Gasteiger partial charge on any atom is 0.245 e. The van der Waals surface area contributed by atoms with Gasteiger partial charge in [0.2, 0.25) is 5.95 Å². The number of morpholine rings is 1. The lowest BCUT2D eigenvalue weighted by atomic mass is 10.2. The van der Waals surface area contributed by atoms with Crippen molar-refractivity contribution < 1.29 is 9.13 Å². The zero-order valence-corrected chi connectivity index (χ0v) is 18.8. The Balaban J connectivity index is 1.19. The van der Waals surface area contributed by atoms with Gasteiger partial charge in [-0.25, -0.2) is 14.8 Å². The molecule has 34 heavy (non-hydrogen) atoms. The Morgan fingerprint density at radius 2 is 1.79 bits per heavy atom. The van der Waals surface area contributed by atoms with Crippen molar-refractivity contribution in [3.63, 3.8) is 0 Å². The van der Waals surface area contributed by atoms with Crippen LogP contribution in [0.1, 0.15) is 18.5 Å². The summed E-state index contributed by atoms with van der Waals surface area (Å²) >= 11 is 0. The summed E-state index contributed by atoms with van der Waals surface area (Å²) in [5.41, 5.74) is 6.57. The van der Waals surface area contributed by atoms with Crippen molar-refractivity contribution in [2.75, 3.05) is 59.9 Å². The van der Waals surface area contributed by atoms with Gasteiger partial charge in [0.1, 0.15) is 0 Å². The summed E-state index contributed by atoms with van der Waals surface area (Å²) in [6, 6.07) is 12.2. The molecule has 10 heteroatoms. The number of hydrazone groups is 1. The van der Waals surface area contributed by atoms with Crippen LogP contribution in [0.5, 0.6) is 0 Å². The zero-order chi connectivity index (χ0) is 23.2. The Labute approximate surface area is 197 Å². The number of rotatable bonds is 7. The minimum absolute atomic E-state index is 0.218. The maximum atomic E-state index is 14.1. The molecule has 2 fully saturated rings. The summed E-state index contributed by atoms with van der Waals surface area (Å²) in [6.45, 7) is 4.50. The average Bonchev–Trinajstić information content (AvgIpc) is 3.42. The minimum Gasteiger partial charge on any atom is -0.378 e. The highest BCUT2D eigenvalue weighted by Gasteiger charge is 2.17. The van der Waals surface area contributed by atoms with Crippen molar-refractivity contribution >= 4 is 35.0 Å². The molecule has 2 saturated heterocycles. The van der Waals surface area contributed by atoms with Gasteiger partial charge in [0.15, 0.2) is 11.6 Å². The van der Waals surface area contributed by atoms with Crippen molar-refractivity contribution in [3.8, 4) is 0 Å². The van der Waals surface area contributed by atoms with Gasteiger partial charge in [-0.05, 0) is 43.2 Å². The molecule has 0 bridgehead atoms. The van der Waals surface area contributed by atoms with Crippen LogP contribution in [-0.4, -0.2) is 60.6 Å². The van der Waals surface area contributed by atoms with Crippen molar-refractivity contribution in [1.82, 2.24) is 15.0 Å². The van der Waals surface area contributed by atoms with Crippen LogP contribution in [0.15, 0.2) is 53.9 Å². The van der Waals surface area contributed by atoms with Crippen LogP contribution in [0.4, 0.5) is 33.2 Å². The summed E-state index contributed by atoms with van der Waals surface area (Å²) in [4.78, 5) is 16.9. The number of anilines is 5. The van der Waals surface area contributed by atoms with E-state index in [-0.39, 0.29) is 11.8 Å². The highest BCUT2D eigenvalue weighted by molar-refractivity contribution is 5.78. The summed E-state index contributed by atoms with van der Waals surface area (Å²) in [7, 11) is 0. The summed E-state index contributed by atoms with van der Waals surface area (Å²) in [5.74, 6) is 0.000757. The molecular weight excluding hydrogens is 435 g/mol. The minimum atomic E-state index is -0.466. The molecule has 2 aliphatic heterocycles. The van der Waals surface area contributed by atoms with Gasteiger partial charge < -0.3 is 19.9 Å². The molecule has 2 aromatic heterocycles. The number of aromatic nitrogens is 3. The maximum absolute atomic E-state index is 14.1. The Morgan fingerprint density at radius 1 is 0.941 bits per heavy atom. The standard InChI is InChI=1S/C24H27FN8O/c25-22-17-27-24(30-23(22)33-10-12-34-13-11-33)31-28-16-19-6-7-20(15-26-19)29-18-4-3-5-21(14-18)32-8-1-2-9-32/h3-7,14-17,29H,1-2,8-13H2,(H,27,30,31)/b28-16+. The van der Waals surface area contributed by atoms with Crippen molar-refractivity contribution in [3.05, 3.63) is 60.3 Å². The van der Waals surface area contributed by atoms with Crippen LogP contribution < -0.4 is 20.5 Å². The molecule has 1 aromatic carbocycles. The number of halogens is 1. The topological polar surface area (TPSA) is 90.8 Å². The van der Waals surface area contributed by atoms with Crippen LogP contribution in [-0.2, 0) is 4.74 Å². The van der Waals surface area contributed by atoms with Gasteiger partial charge >= 0.3 is 0 Å². The highest BCUT2D eigenvalue weighted by atomic mass is 19.1. The van der Waals surface area contributed by atoms with Gasteiger partial charge in [-0.3, -0.25) is 4.98 Å². The first-order valence-corrected chi connectivity index (χ1v) is 11.5. The number of pyridine rings is 1. The Bertz CT molecular complexity index is 1130. The molecule has 2 N–H and O–H groups in total. The number of hydrogen-bond donors (Lipinski definition) is 2. The average molecular weight is 463 g/mol. The Morgan fingerprint density at radius 3 is 2.59 bits per heavy atom. The van der Waals surface area contributed by atoms with Crippen molar-refractivity contribution in [1.29, 1.82) is 0 Å². The van der Waals surface area contributed by atoms with Crippen LogP contribution in [0.3, 0.4) is 0 Å². The van der Waals surface area contributed by atoms with Gasteiger partial charge in [-0.15, -0.1) is 0 Å². The first-order valence-electron chi connectivity index (χ1n) is 11.5. The van der Waals surface area contributed by atoms with E-state index in [0.717, 1.165) is 30.7 Å². The third kappa shape index (κ3) is 5.40. The van der Waals surface area contributed by atoms with E-state index < -0.39 is 5.82 Å².